The number of allylic oxidation sites excluding steroid dienone is 2. The van der Waals surface area contributed by atoms with Crippen LogP contribution >= 0.6 is 0 Å². The Bertz CT molecular complexity index is 402. The van der Waals surface area contributed by atoms with Gasteiger partial charge < -0.3 is 4.90 Å². The second kappa shape index (κ2) is 7.83. The highest BCUT2D eigenvalue weighted by atomic mass is 15.1. The summed E-state index contributed by atoms with van der Waals surface area (Å²) >= 11 is 0. The minimum absolute atomic E-state index is 0.636. The van der Waals surface area contributed by atoms with Crippen molar-refractivity contribution in [3.8, 4) is 0 Å². The smallest absolute Gasteiger partial charge is 0.0364 e. The summed E-state index contributed by atoms with van der Waals surface area (Å²) in [7, 11) is 2.15. The molecule has 0 aliphatic heterocycles. The molecule has 0 amide bonds. The van der Waals surface area contributed by atoms with E-state index >= 15 is 0 Å². The fourth-order valence-electron chi connectivity index (χ4n) is 2.33. The van der Waals surface area contributed by atoms with Gasteiger partial charge in [0.1, 0.15) is 0 Å². The van der Waals surface area contributed by atoms with Gasteiger partial charge in [-0.3, -0.25) is 0 Å². The van der Waals surface area contributed by atoms with E-state index in [1.807, 2.05) is 6.08 Å². The molecule has 0 aliphatic carbocycles. The number of nitrogens with zero attached hydrogens (tertiary/aromatic N) is 1. The van der Waals surface area contributed by atoms with Crippen LogP contribution in [-0.4, -0.2) is 13.6 Å². The zero-order chi connectivity index (χ0) is 14.3. The molecule has 1 aromatic carbocycles. The van der Waals surface area contributed by atoms with Gasteiger partial charge in [-0.15, -0.1) is 6.58 Å². The van der Waals surface area contributed by atoms with Gasteiger partial charge in [-0.1, -0.05) is 45.1 Å². The summed E-state index contributed by atoms with van der Waals surface area (Å²) in [4.78, 5) is 2.31. The highest BCUT2D eigenvalue weighted by Gasteiger charge is 2.06. The lowest BCUT2D eigenvalue weighted by molar-refractivity contribution is 0.587. The maximum atomic E-state index is 4.14. The van der Waals surface area contributed by atoms with Gasteiger partial charge in [0.05, 0.1) is 0 Å². The third-order valence-electron chi connectivity index (χ3n) is 3.42. The zero-order valence-electron chi connectivity index (χ0n) is 12.7. The number of hydrogen-bond acceptors (Lipinski definition) is 1. The predicted octanol–water partition coefficient (Wildman–Crippen LogP) is 5.15. The predicted molar refractivity (Wildman–Crippen MR) is 87.6 cm³/mol. The first-order valence-corrected chi connectivity index (χ1v) is 7.18. The first-order chi connectivity index (χ1) is 9.08. The van der Waals surface area contributed by atoms with Crippen molar-refractivity contribution in [1.82, 2.24) is 0 Å². The second-order valence-electron chi connectivity index (χ2n) is 5.41. The van der Waals surface area contributed by atoms with E-state index in [1.54, 1.807) is 0 Å². The quantitative estimate of drug-likeness (QED) is 0.582. The third kappa shape index (κ3) is 4.94. The van der Waals surface area contributed by atoms with Crippen molar-refractivity contribution in [2.45, 2.75) is 33.1 Å². The molecule has 1 unspecified atom stereocenters. The lowest BCUT2D eigenvalue weighted by Crippen LogP contribution is -2.23. The molecule has 1 aromatic rings. The average Bonchev–Trinajstić information content (AvgIpc) is 2.39. The van der Waals surface area contributed by atoms with E-state index < -0.39 is 0 Å². The van der Waals surface area contributed by atoms with Crippen molar-refractivity contribution < 1.29 is 0 Å². The highest BCUT2D eigenvalue weighted by molar-refractivity contribution is 5.65. The standard InChI is InChI=1S/C18H27N/c1-6-8-15(3)14-19(5)18-12-10-17(11-13-18)16(4)9-7-2/h6,10-13,15H,1,4,7-9,14H2,2-3,5H3. The van der Waals surface area contributed by atoms with Crippen molar-refractivity contribution in [2.75, 3.05) is 18.5 Å². The summed E-state index contributed by atoms with van der Waals surface area (Å²) in [5.74, 6) is 0.636. The molecule has 0 N–H and O–H groups in total. The molecule has 0 radical (unpaired) electrons. The Hall–Kier alpha value is -1.50. The average molecular weight is 257 g/mol. The third-order valence-corrected chi connectivity index (χ3v) is 3.42. The molecule has 1 atom stereocenters. The number of hydrogen-bond donors (Lipinski definition) is 0. The number of anilines is 1. The number of benzene rings is 1. The maximum absolute atomic E-state index is 4.14. The molecule has 0 aromatic heterocycles. The Morgan fingerprint density at radius 1 is 1.32 bits per heavy atom. The van der Waals surface area contributed by atoms with Crippen molar-refractivity contribution in [3.63, 3.8) is 0 Å². The number of rotatable bonds is 8. The van der Waals surface area contributed by atoms with Gasteiger partial charge >= 0.3 is 0 Å². The fourth-order valence-corrected chi connectivity index (χ4v) is 2.33. The van der Waals surface area contributed by atoms with Crippen LogP contribution in [0.15, 0.2) is 43.5 Å². The van der Waals surface area contributed by atoms with Crippen molar-refractivity contribution >= 4 is 11.3 Å². The Labute approximate surface area is 118 Å². The van der Waals surface area contributed by atoms with Gasteiger partial charge in [-0.25, -0.2) is 0 Å². The molecule has 0 heterocycles. The van der Waals surface area contributed by atoms with Crippen molar-refractivity contribution in [3.05, 3.63) is 49.1 Å². The highest BCUT2D eigenvalue weighted by Crippen LogP contribution is 2.22. The van der Waals surface area contributed by atoms with Crippen LogP contribution < -0.4 is 4.90 Å². The van der Waals surface area contributed by atoms with E-state index in [9.17, 15) is 0 Å². The summed E-state index contributed by atoms with van der Waals surface area (Å²) in [6.07, 6.45) is 5.29. The van der Waals surface area contributed by atoms with Crippen molar-refractivity contribution in [1.29, 1.82) is 0 Å². The van der Waals surface area contributed by atoms with E-state index in [-0.39, 0.29) is 0 Å². The molecule has 1 heteroatoms. The van der Waals surface area contributed by atoms with Crippen LogP contribution in [0.1, 0.15) is 38.7 Å². The maximum Gasteiger partial charge on any atom is 0.0364 e. The molecule has 0 fully saturated rings. The van der Waals surface area contributed by atoms with Crippen LogP contribution in [0.25, 0.3) is 5.57 Å². The molecule has 0 saturated carbocycles. The van der Waals surface area contributed by atoms with Gasteiger partial charge in [-0.2, -0.15) is 0 Å². The molecule has 0 aliphatic rings. The van der Waals surface area contributed by atoms with Gasteiger partial charge in [0, 0.05) is 19.3 Å². The van der Waals surface area contributed by atoms with Crippen LogP contribution in [0.4, 0.5) is 5.69 Å². The lowest BCUT2D eigenvalue weighted by atomic mass is 10.0. The van der Waals surface area contributed by atoms with Gasteiger partial charge in [0.2, 0.25) is 0 Å². The Morgan fingerprint density at radius 2 is 1.95 bits per heavy atom. The molecule has 0 spiro atoms. The molecule has 104 valence electrons. The van der Waals surface area contributed by atoms with Crippen LogP contribution in [0.3, 0.4) is 0 Å². The zero-order valence-corrected chi connectivity index (χ0v) is 12.7. The normalized spacial score (nSPS) is 11.9. The fraction of sp³-hybridized carbons (Fsp3) is 0.444. The van der Waals surface area contributed by atoms with Crippen LogP contribution in [0, 0.1) is 5.92 Å². The van der Waals surface area contributed by atoms with E-state index in [0.29, 0.717) is 5.92 Å². The SMILES string of the molecule is C=CCC(C)CN(C)c1ccc(C(=C)CCC)cc1. The van der Waals surface area contributed by atoms with Crippen LogP contribution in [0.5, 0.6) is 0 Å². The summed E-state index contributed by atoms with van der Waals surface area (Å²) in [5, 5.41) is 0. The van der Waals surface area contributed by atoms with Crippen molar-refractivity contribution in [2.24, 2.45) is 5.92 Å². The van der Waals surface area contributed by atoms with E-state index in [1.165, 1.54) is 16.8 Å². The molecule has 0 bridgehead atoms. The van der Waals surface area contributed by atoms with Crippen LogP contribution in [0.2, 0.25) is 0 Å². The Kier molecular flexibility index (Phi) is 6.41. The summed E-state index contributed by atoms with van der Waals surface area (Å²) in [6.45, 7) is 13.4. The van der Waals surface area contributed by atoms with E-state index in [2.05, 4.69) is 63.2 Å². The van der Waals surface area contributed by atoms with E-state index in [0.717, 1.165) is 25.8 Å². The summed E-state index contributed by atoms with van der Waals surface area (Å²) < 4.78 is 0. The minimum Gasteiger partial charge on any atom is -0.374 e. The molecule has 1 rings (SSSR count). The second-order valence-corrected chi connectivity index (χ2v) is 5.41. The monoisotopic (exact) mass is 257 g/mol. The topological polar surface area (TPSA) is 3.24 Å². The van der Waals surface area contributed by atoms with E-state index in [4.69, 9.17) is 0 Å². The van der Waals surface area contributed by atoms with Gasteiger partial charge in [-0.05, 0) is 42.0 Å². The Morgan fingerprint density at radius 3 is 2.47 bits per heavy atom. The molecular formula is C18H27N. The summed E-state index contributed by atoms with van der Waals surface area (Å²) in [6, 6.07) is 8.75. The molecule has 1 nitrogen and oxygen atoms in total. The Balaban J connectivity index is 2.64. The molecule has 19 heavy (non-hydrogen) atoms. The van der Waals surface area contributed by atoms with Gasteiger partial charge in [0.25, 0.3) is 0 Å². The largest absolute Gasteiger partial charge is 0.374 e. The lowest BCUT2D eigenvalue weighted by Gasteiger charge is -2.23. The molecular weight excluding hydrogens is 230 g/mol. The summed E-state index contributed by atoms with van der Waals surface area (Å²) in [5.41, 5.74) is 3.76. The first kappa shape index (κ1) is 15.6. The van der Waals surface area contributed by atoms with Gasteiger partial charge in [0.15, 0.2) is 0 Å². The minimum atomic E-state index is 0.636. The molecule has 0 saturated heterocycles. The van der Waals surface area contributed by atoms with Crippen LogP contribution in [-0.2, 0) is 0 Å². The first-order valence-electron chi connectivity index (χ1n) is 7.18.